The highest BCUT2D eigenvalue weighted by Gasteiger charge is 2.16. The zero-order chi connectivity index (χ0) is 13.1. The number of nitrogens with two attached hydrogens (primary N) is 1. The van der Waals surface area contributed by atoms with Gasteiger partial charge in [0.2, 0.25) is 0 Å². The number of hydrogen-bond donors (Lipinski definition) is 1. The minimum absolute atomic E-state index is 0.171. The van der Waals surface area contributed by atoms with E-state index in [1.165, 1.54) is 0 Å². The van der Waals surface area contributed by atoms with Crippen LogP contribution >= 0.6 is 27.3 Å². The fourth-order valence-electron chi connectivity index (χ4n) is 1.55. The first-order chi connectivity index (χ1) is 8.58. The highest BCUT2D eigenvalue weighted by atomic mass is 79.9. The number of carbonyl (C=O) groups is 1. The van der Waals surface area contributed by atoms with Crippen LogP contribution < -0.4 is 5.73 Å². The molecule has 0 aliphatic carbocycles. The molecule has 0 fully saturated rings. The SMILES string of the molecule is CN(Cc1csc(Br)c1)C(=O)c1ncccc1N. The molecule has 0 aromatic carbocycles. The number of aromatic nitrogens is 1. The van der Waals surface area contributed by atoms with Crippen LogP contribution in [0.25, 0.3) is 0 Å². The molecule has 2 aromatic rings. The van der Waals surface area contributed by atoms with Crippen molar-refractivity contribution < 1.29 is 4.79 Å². The van der Waals surface area contributed by atoms with E-state index in [2.05, 4.69) is 20.9 Å². The van der Waals surface area contributed by atoms with E-state index in [1.807, 2.05) is 11.4 Å². The van der Waals surface area contributed by atoms with Crippen molar-refractivity contribution in [2.45, 2.75) is 6.54 Å². The van der Waals surface area contributed by atoms with Gasteiger partial charge in [-0.05, 0) is 45.1 Å². The lowest BCUT2D eigenvalue weighted by Gasteiger charge is -2.16. The van der Waals surface area contributed by atoms with E-state index in [1.54, 1.807) is 41.6 Å². The maximum absolute atomic E-state index is 12.2. The van der Waals surface area contributed by atoms with E-state index in [4.69, 9.17) is 5.73 Å². The highest BCUT2D eigenvalue weighted by Crippen LogP contribution is 2.22. The van der Waals surface area contributed by atoms with Crippen molar-refractivity contribution >= 4 is 38.9 Å². The van der Waals surface area contributed by atoms with Gasteiger partial charge in [-0.2, -0.15) is 0 Å². The molecule has 0 aliphatic heterocycles. The molecule has 0 saturated carbocycles. The lowest BCUT2D eigenvalue weighted by atomic mass is 10.2. The minimum atomic E-state index is -0.171. The molecule has 0 spiro atoms. The highest BCUT2D eigenvalue weighted by molar-refractivity contribution is 9.11. The average Bonchev–Trinajstić information content (AvgIpc) is 2.74. The Morgan fingerprint density at radius 3 is 3.00 bits per heavy atom. The summed E-state index contributed by atoms with van der Waals surface area (Å²) in [7, 11) is 1.74. The van der Waals surface area contributed by atoms with E-state index < -0.39 is 0 Å². The summed E-state index contributed by atoms with van der Waals surface area (Å²) in [6, 6.07) is 5.38. The number of carbonyl (C=O) groups excluding carboxylic acids is 1. The third kappa shape index (κ3) is 2.88. The standard InChI is InChI=1S/C12H12BrN3OS/c1-16(6-8-5-10(13)18-7-8)12(17)11-9(14)3-2-4-15-11/h2-5,7H,6,14H2,1H3. The first-order valence-electron chi connectivity index (χ1n) is 5.27. The summed E-state index contributed by atoms with van der Waals surface area (Å²) < 4.78 is 1.05. The summed E-state index contributed by atoms with van der Waals surface area (Å²) in [5, 5.41) is 2.01. The van der Waals surface area contributed by atoms with Gasteiger partial charge in [-0.1, -0.05) is 0 Å². The van der Waals surface area contributed by atoms with Crippen LogP contribution in [-0.2, 0) is 6.54 Å². The van der Waals surface area contributed by atoms with Crippen LogP contribution in [0.2, 0.25) is 0 Å². The van der Waals surface area contributed by atoms with Gasteiger partial charge >= 0.3 is 0 Å². The lowest BCUT2D eigenvalue weighted by molar-refractivity contribution is 0.0780. The number of nitrogen functional groups attached to an aromatic ring is 1. The maximum atomic E-state index is 12.2. The Balaban J connectivity index is 2.12. The summed E-state index contributed by atoms with van der Waals surface area (Å²) in [5.41, 5.74) is 7.53. The summed E-state index contributed by atoms with van der Waals surface area (Å²) in [5.74, 6) is -0.171. The number of nitrogens with zero attached hydrogens (tertiary/aromatic N) is 2. The zero-order valence-electron chi connectivity index (χ0n) is 9.76. The number of halogens is 1. The third-order valence-electron chi connectivity index (χ3n) is 2.43. The van der Waals surface area contributed by atoms with Crippen LogP contribution in [0.1, 0.15) is 16.1 Å². The van der Waals surface area contributed by atoms with Gasteiger partial charge in [-0.25, -0.2) is 4.98 Å². The molecule has 2 aromatic heterocycles. The Kier molecular flexibility index (Phi) is 3.98. The van der Waals surface area contributed by atoms with Crippen molar-refractivity contribution in [1.82, 2.24) is 9.88 Å². The van der Waals surface area contributed by atoms with Crippen molar-refractivity contribution in [2.24, 2.45) is 0 Å². The molecule has 0 unspecified atom stereocenters. The van der Waals surface area contributed by atoms with Gasteiger partial charge in [0.15, 0.2) is 5.69 Å². The lowest BCUT2D eigenvalue weighted by Crippen LogP contribution is -2.27. The van der Waals surface area contributed by atoms with Crippen molar-refractivity contribution in [1.29, 1.82) is 0 Å². The van der Waals surface area contributed by atoms with Gasteiger partial charge in [-0.3, -0.25) is 4.79 Å². The monoisotopic (exact) mass is 325 g/mol. The number of amides is 1. The Labute approximate surface area is 118 Å². The van der Waals surface area contributed by atoms with E-state index in [9.17, 15) is 4.79 Å². The predicted molar refractivity (Wildman–Crippen MR) is 76.5 cm³/mol. The average molecular weight is 326 g/mol. The largest absolute Gasteiger partial charge is 0.397 e. The second-order valence-electron chi connectivity index (χ2n) is 3.86. The normalized spacial score (nSPS) is 10.3. The zero-order valence-corrected chi connectivity index (χ0v) is 12.2. The van der Waals surface area contributed by atoms with Crippen molar-refractivity contribution in [3.8, 4) is 0 Å². The molecule has 0 radical (unpaired) electrons. The van der Waals surface area contributed by atoms with Gasteiger partial charge in [0.1, 0.15) is 0 Å². The smallest absolute Gasteiger partial charge is 0.274 e. The minimum Gasteiger partial charge on any atom is -0.397 e. The first kappa shape index (κ1) is 13.0. The first-order valence-corrected chi connectivity index (χ1v) is 6.94. The Morgan fingerprint density at radius 2 is 2.39 bits per heavy atom. The van der Waals surface area contributed by atoms with E-state index >= 15 is 0 Å². The molecule has 4 nitrogen and oxygen atoms in total. The second kappa shape index (κ2) is 5.49. The Morgan fingerprint density at radius 1 is 1.61 bits per heavy atom. The van der Waals surface area contributed by atoms with Crippen LogP contribution in [-0.4, -0.2) is 22.8 Å². The van der Waals surface area contributed by atoms with Crippen LogP contribution in [0.5, 0.6) is 0 Å². The molecule has 0 aliphatic rings. The molecule has 18 heavy (non-hydrogen) atoms. The number of thiophene rings is 1. The summed E-state index contributed by atoms with van der Waals surface area (Å²) in [6.07, 6.45) is 1.57. The van der Waals surface area contributed by atoms with Gasteiger partial charge in [0.25, 0.3) is 5.91 Å². The molecular weight excluding hydrogens is 314 g/mol. The second-order valence-corrected chi connectivity index (χ2v) is 6.15. The van der Waals surface area contributed by atoms with Crippen molar-refractivity contribution in [3.05, 3.63) is 44.8 Å². The quantitative estimate of drug-likeness (QED) is 0.943. The van der Waals surface area contributed by atoms with Crippen molar-refractivity contribution in [3.63, 3.8) is 0 Å². The predicted octanol–water partition coefficient (Wildman–Crippen LogP) is 2.76. The number of anilines is 1. The molecule has 94 valence electrons. The number of pyridine rings is 1. The topological polar surface area (TPSA) is 59.2 Å². The number of hydrogen-bond acceptors (Lipinski definition) is 4. The van der Waals surface area contributed by atoms with Crippen LogP contribution in [0.3, 0.4) is 0 Å². The number of rotatable bonds is 3. The van der Waals surface area contributed by atoms with Gasteiger partial charge in [0, 0.05) is 19.8 Å². The fraction of sp³-hybridized carbons (Fsp3) is 0.167. The maximum Gasteiger partial charge on any atom is 0.274 e. The molecule has 2 N–H and O–H groups in total. The van der Waals surface area contributed by atoms with Gasteiger partial charge < -0.3 is 10.6 Å². The van der Waals surface area contributed by atoms with Crippen molar-refractivity contribution in [2.75, 3.05) is 12.8 Å². The molecular formula is C12H12BrN3OS. The summed E-state index contributed by atoms with van der Waals surface area (Å²) in [4.78, 5) is 17.8. The van der Waals surface area contributed by atoms with Gasteiger partial charge in [-0.15, -0.1) is 11.3 Å². The molecule has 2 heterocycles. The van der Waals surface area contributed by atoms with Crippen LogP contribution in [0.15, 0.2) is 33.6 Å². The summed E-state index contributed by atoms with van der Waals surface area (Å²) >= 11 is 4.99. The molecule has 1 amide bonds. The fourth-order valence-corrected chi connectivity index (χ4v) is 2.75. The van der Waals surface area contributed by atoms with Crippen LogP contribution in [0, 0.1) is 0 Å². The third-order valence-corrected chi connectivity index (χ3v) is 3.98. The van der Waals surface area contributed by atoms with Crippen LogP contribution in [0.4, 0.5) is 5.69 Å². The van der Waals surface area contributed by atoms with E-state index in [0.29, 0.717) is 17.9 Å². The molecule has 6 heteroatoms. The van der Waals surface area contributed by atoms with Gasteiger partial charge in [0.05, 0.1) is 9.47 Å². The molecule has 0 bridgehead atoms. The molecule has 0 saturated heterocycles. The Bertz CT molecular complexity index is 570. The van der Waals surface area contributed by atoms with E-state index in [-0.39, 0.29) is 5.91 Å². The Hall–Kier alpha value is -1.40. The molecule has 2 rings (SSSR count). The summed E-state index contributed by atoms with van der Waals surface area (Å²) in [6.45, 7) is 0.539. The molecule has 0 atom stereocenters. The van der Waals surface area contributed by atoms with E-state index in [0.717, 1.165) is 9.35 Å².